The number of benzene rings is 1. The minimum absolute atomic E-state index is 0.0180. The molecule has 2 N–H and O–H groups in total. The van der Waals surface area contributed by atoms with E-state index in [-0.39, 0.29) is 18.3 Å². The molecular formula is C19H21NO5. The average molecular weight is 343 g/mol. The minimum atomic E-state index is -0.668. The highest BCUT2D eigenvalue weighted by molar-refractivity contribution is 6.05. The van der Waals surface area contributed by atoms with Crippen molar-refractivity contribution in [3.05, 3.63) is 62.7 Å². The second-order valence-corrected chi connectivity index (χ2v) is 6.20. The number of aliphatic hydroxyl groups is 1. The molecule has 6 nitrogen and oxygen atoms in total. The molecule has 0 bridgehead atoms. The van der Waals surface area contributed by atoms with Gasteiger partial charge in [-0.1, -0.05) is 12.1 Å². The number of hydrogen-bond donors (Lipinski definition) is 2. The zero-order valence-electron chi connectivity index (χ0n) is 14.3. The highest BCUT2D eigenvalue weighted by Gasteiger charge is 2.24. The van der Waals surface area contributed by atoms with Gasteiger partial charge in [0.2, 0.25) is 0 Å². The fraction of sp³-hybridized carbons (Fsp3) is 0.368. The first-order valence-electron chi connectivity index (χ1n) is 8.28. The van der Waals surface area contributed by atoms with Crippen LogP contribution < -0.4 is 10.9 Å². The van der Waals surface area contributed by atoms with Gasteiger partial charge in [0.15, 0.2) is 0 Å². The van der Waals surface area contributed by atoms with Crippen molar-refractivity contribution in [3.8, 4) is 0 Å². The molecule has 2 aromatic rings. The van der Waals surface area contributed by atoms with Crippen LogP contribution in [0.25, 0.3) is 0 Å². The Kier molecular flexibility index (Phi) is 5.01. The van der Waals surface area contributed by atoms with E-state index in [1.54, 1.807) is 38.1 Å². The number of nitrogens with one attached hydrogen (secondary N) is 1. The van der Waals surface area contributed by atoms with E-state index < -0.39 is 11.5 Å². The van der Waals surface area contributed by atoms with Gasteiger partial charge in [-0.15, -0.1) is 0 Å². The smallest absolute Gasteiger partial charge is 0.349 e. The SMILES string of the molecule is Cc1cc(C2CCCO2)oc(=O)c1C(=O)Nc1cccc(CO)c1C. The lowest BCUT2D eigenvalue weighted by Gasteiger charge is -2.13. The zero-order chi connectivity index (χ0) is 18.0. The zero-order valence-corrected chi connectivity index (χ0v) is 14.3. The normalized spacial score (nSPS) is 16.8. The molecule has 1 aromatic carbocycles. The summed E-state index contributed by atoms with van der Waals surface area (Å²) in [5.41, 5.74) is 1.90. The van der Waals surface area contributed by atoms with Crippen molar-refractivity contribution in [2.24, 2.45) is 0 Å². The van der Waals surface area contributed by atoms with Crippen molar-refractivity contribution >= 4 is 11.6 Å². The number of amides is 1. The number of aliphatic hydroxyl groups excluding tert-OH is 1. The van der Waals surface area contributed by atoms with Crippen LogP contribution in [0.15, 0.2) is 33.5 Å². The van der Waals surface area contributed by atoms with E-state index in [0.29, 0.717) is 23.6 Å². The van der Waals surface area contributed by atoms with Crippen LogP contribution in [0.4, 0.5) is 5.69 Å². The molecule has 1 aromatic heterocycles. The number of hydrogen-bond acceptors (Lipinski definition) is 5. The Balaban J connectivity index is 1.89. The van der Waals surface area contributed by atoms with Gasteiger partial charge in [-0.3, -0.25) is 4.79 Å². The molecule has 0 radical (unpaired) electrons. The molecule has 1 atom stereocenters. The molecule has 2 heterocycles. The Bertz CT molecular complexity index is 849. The van der Waals surface area contributed by atoms with Crippen LogP contribution in [0.3, 0.4) is 0 Å². The summed E-state index contributed by atoms with van der Waals surface area (Å²) in [5, 5.41) is 12.1. The summed E-state index contributed by atoms with van der Waals surface area (Å²) < 4.78 is 10.9. The average Bonchev–Trinajstić information content (AvgIpc) is 3.10. The number of carbonyl (C=O) groups excluding carboxylic acids is 1. The van der Waals surface area contributed by atoms with Crippen molar-refractivity contribution in [2.45, 2.75) is 39.4 Å². The first-order chi connectivity index (χ1) is 12.0. The Morgan fingerprint density at radius 1 is 1.36 bits per heavy atom. The van der Waals surface area contributed by atoms with Gasteiger partial charge < -0.3 is 19.6 Å². The number of anilines is 1. The van der Waals surface area contributed by atoms with E-state index in [2.05, 4.69) is 5.32 Å². The molecule has 3 rings (SSSR count). The number of carbonyl (C=O) groups is 1. The lowest BCUT2D eigenvalue weighted by molar-refractivity contribution is 0.0895. The quantitative estimate of drug-likeness (QED) is 0.891. The molecule has 0 saturated carbocycles. The first-order valence-corrected chi connectivity index (χ1v) is 8.28. The molecule has 1 amide bonds. The molecule has 0 aliphatic carbocycles. The van der Waals surface area contributed by atoms with Crippen molar-refractivity contribution in [1.29, 1.82) is 0 Å². The van der Waals surface area contributed by atoms with E-state index in [1.165, 1.54) is 0 Å². The topological polar surface area (TPSA) is 88.8 Å². The monoisotopic (exact) mass is 343 g/mol. The second kappa shape index (κ2) is 7.21. The minimum Gasteiger partial charge on any atom is -0.424 e. The Hall–Kier alpha value is -2.44. The summed E-state index contributed by atoms with van der Waals surface area (Å²) in [5.74, 6) is -0.0571. The third-order valence-electron chi connectivity index (χ3n) is 4.51. The maximum Gasteiger partial charge on any atom is 0.349 e. The van der Waals surface area contributed by atoms with Crippen LogP contribution in [-0.4, -0.2) is 17.6 Å². The summed E-state index contributed by atoms with van der Waals surface area (Å²) >= 11 is 0. The van der Waals surface area contributed by atoms with E-state index in [9.17, 15) is 14.7 Å². The van der Waals surface area contributed by atoms with E-state index in [1.807, 2.05) is 0 Å². The van der Waals surface area contributed by atoms with Crippen LogP contribution in [0.1, 0.15) is 51.8 Å². The lowest BCUT2D eigenvalue weighted by Crippen LogP contribution is -2.24. The molecule has 1 unspecified atom stereocenters. The van der Waals surface area contributed by atoms with Crippen molar-refractivity contribution < 1.29 is 19.1 Å². The van der Waals surface area contributed by atoms with Gasteiger partial charge in [0.05, 0.1) is 6.61 Å². The maximum atomic E-state index is 12.6. The summed E-state index contributed by atoms with van der Waals surface area (Å²) in [6, 6.07) is 6.94. The van der Waals surface area contributed by atoms with Gasteiger partial charge in [0.25, 0.3) is 5.91 Å². The van der Waals surface area contributed by atoms with E-state index in [4.69, 9.17) is 9.15 Å². The molecule has 1 aliphatic rings. The Labute approximate surface area is 145 Å². The second-order valence-electron chi connectivity index (χ2n) is 6.20. The summed E-state index contributed by atoms with van der Waals surface area (Å²) in [7, 11) is 0. The van der Waals surface area contributed by atoms with Crippen LogP contribution in [0, 0.1) is 13.8 Å². The van der Waals surface area contributed by atoms with Crippen molar-refractivity contribution in [3.63, 3.8) is 0 Å². The van der Waals surface area contributed by atoms with Crippen LogP contribution in [0.5, 0.6) is 0 Å². The number of rotatable bonds is 4. The summed E-state index contributed by atoms with van der Waals surface area (Å²) in [4.78, 5) is 24.9. The Morgan fingerprint density at radius 2 is 2.16 bits per heavy atom. The van der Waals surface area contributed by atoms with Gasteiger partial charge in [0, 0.05) is 12.3 Å². The summed E-state index contributed by atoms with van der Waals surface area (Å²) in [6.07, 6.45) is 1.52. The standard InChI is InChI=1S/C19H21NO5/c1-11-9-16(15-7-4-8-24-15)25-19(23)17(11)18(22)20-14-6-3-5-13(10-21)12(14)2/h3,5-6,9,15,21H,4,7-8,10H2,1-2H3,(H,20,22). The van der Waals surface area contributed by atoms with E-state index >= 15 is 0 Å². The number of aryl methyl sites for hydroxylation is 1. The molecule has 132 valence electrons. The predicted octanol–water partition coefficient (Wildman–Crippen LogP) is 2.85. The Morgan fingerprint density at radius 3 is 2.80 bits per heavy atom. The third-order valence-corrected chi connectivity index (χ3v) is 4.51. The van der Waals surface area contributed by atoms with Crippen LogP contribution in [0.2, 0.25) is 0 Å². The molecule has 1 saturated heterocycles. The molecule has 25 heavy (non-hydrogen) atoms. The van der Waals surface area contributed by atoms with Crippen LogP contribution >= 0.6 is 0 Å². The fourth-order valence-corrected chi connectivity index (χ4v) is 3.04. The van der Waals surface area contributed by atoms with Gasteiger partial charge in [-0.2, -0.15) is 0 Å². The number of ether oxygens (including phenoxy) is 1. The molecule has 0 spiro atoms. The van der Waals surface area contributed by atoms with Gasteiger partial charge in [-0.25, -0.2) is 4.79 Å². The van der Waals surface area contributed by atoms with Crippen molar-refractivity contribution in [1.82, 2.24) is 0 Å². The van der Waals surface area contributed by atoms with Crippen molar-refractivity contribution in [2.75, 3.05) is 11.9 Å². The predicted molar refractivity (Wildman–Crippen MR) is 92.7 cm³/mol. The molecule has 1 fully saturated rings. The van der Waals surface area contributed by atoms with Gasteiger partial charge in [0.1, 0.15) is 17.4 Å². The summed E-state index contributed by atoms with van der Waals surface area (Å²) in [6.45, 7) is 4.04. The lowest BCUT2D eigenvalue weighted by atomic mass is 10.1. The molecule has 1 aliphatic heterocycles. The highest BCUT2D eigenvalue weighted by Crippen LogP contribution is 2.28. The maximum absolute atomic E-state index is 12.6. The van der Waals surface area contributed by atoms with E-state index in [0.717, 1.165) is 24.0 Å². The third kappa shape index (κ3) is 3.50. The van der Waals surface area contributed by atoms with Gasteiger partial charge >= 0.3 is 5.63 Å². The highest BCUT2D eigenvalue weighted by atomic mass is 16.5. The first kappa shape index (κ1) is 17.4. The van der Waals surface area contributed by atoms with Gasteiger partial charge in [-0.05, 0) is 55.5 Å². The largest absolute Gasteiger partial charge is 0.424 e. The fourth-order valence-electron chi connectivity index (χ4n) is 3.04. The molecule has 6 heteroatoms. The van der Waals surface area contributed by atoms with Crippen LogP contribution in [-0.2, 0) is 11.3 Å². The molecular weight excluding hydrogens is 322 g/mol.